The Hall–Kier alpha value is -2.24. The smallest absolute Gasteiger partial charge is 0.331 e. The highest BCUT2D eigenvalue weighted by atomic mass is 16.5. The number of rotatable bonds is 12. The van der Waals surface area contributed by atoms with Gasteiger partial charge in [-0.2, -0.15) is 0 Å². The highest BCUT2D eigenvalue weighted by molar-refractivity contribution is 5.93. The molecule has 0 bridgehead atoms. The summed E-state index contributed by atoms with van der Waals surface area (Å²) >= 11 is 0. The second kappa shape index (κ2) is 12.0. The Morgan fingerprint density at radius 2 is 1.81 bits per heavy atom. The Morgan fingerprint density at radius 1 is 1.16 bits per heavy atom. The number of ketones is 1. The van der Waals surface area contributed by atoms with E-state index in [2.05, 4.69) is 13.5 Å². The van der Waals surface area contributed by atoms with E-state index in [4.69, 9.17) is 4.74 Å². The van der Waals surface area contributed by atoms with Crippen molar-refractivity contribution in [3.63, 3.8) is 0 Å². The van der Waals surface area contributed by atoms with Gasteiger partial charge in [0, 0.05) is 30.8 Å². The number of fused-ring (bicyclic) bond motifs is 1. The number of aldehydes is 1. The molecule has 5 unspecified atom stereocenters. The minimum Gasteiger partial charge on any atom is -0.478 e. The quantitative estimate of drug-likeness (QED) is 0.208. The number of allylic oxidation sites excluding steroid dienone is 2. The highest BCUT2D eigenvalue weighted by Crippen LogP contribution is 2.47. The van der Waals surface area contributed by atoms with E-state index in [0.29, 0.717) is 12.7 Å². The van der Waals surface area contributed by atoms with Gasteiger partial charge < -0.3 is 9.84 Å². The lowest BCUT2D eigenvalue weighted by Gasteiger charge is -2.45. The Morgan fingerprint density at radius 3 is 2.42 bits per heavy atom. The molecule has 5 atom stereocenters. The number of esters is 1. The van der Waals surface area contributed by atoms with Gasteiger partial charge in [0.15, 0.2) is 0 Å². The summed E-state index contributed by atoms with van der Waals surface area (Å²) in [5, 5.41) is 9.57. The van der Waals surface area contributed by atoms with Crippen molar-refractivity contribution in [3.8, 4) is 0 Å². The second-order valence-electron chi connectivity index (χ2n) is 9.07. The van der Waals surface area contributed by atoms with Gasteiger partial charge in [-0.05, 0) is 23.8 Å². The lowest BCUT2D eigenvalue weighted by atomic mass is 9.59. The number of hydrogen-bond acceptors (Lipinski definition) is 5. The number of ether oxygens (including phenoxy) is 1. The predicted molar refractivity (Wildman–Crippen MR) is 117 cm³/mol. The fraction of sp³-hybridized carbons (Fsp3) is 0.680. The molecule has 0 heterocycles. The van der Waals surface area contributed by atoms with Crippen LogP contribution in [0.4, 0.5) is 0 Å². The number of aliphatic carboxylic acids is 1. The summed E-state index contributed by atoms with van der Waals surface area (Å²) < 4.78 is 5.78. The van der Waals surface area contributed by atoms with E-state index < -0.39 is 23.9 Å². The first kappa shape index (κ1) is 25.0. The van der Waals surface area contributed by atoms with Crippen molar-refractivity contribution in [2.75, 3.05) is 0 Å². The molecule has 0 aromatic carbocycles. The van der Waals surface area contributed by atoms with Crippen molar-refractivity contribution in [3.05, 3.63) is 23.8 Å². The molecule has 31 heavy (non-hydrogen) atoms. The van der Waals surface area contributed by atoms with Gasteiger partial charge in [0.25, 0.3) is 0 Å². The SMILES string of the molecule is C=C(C=O)C1C(=O)CC(C)C2C(OC(=O)CCCCCCCCC)CC(C(=O)O)=CC12. The fourth-order valence-electron chi connectivity index (χ4n) is 5.13. The molecule has 2 aliphatic rings. The summed E-state index contributed by atoms with van der Waals surface area (Å²) in [4.78, 5) is 48.2. The number of carbonyl (C=O) groups is 4. The van der Waals surface area contributed by atoms with E-state index in [-0.39, 0.29) is 47.6 Å². The zero-order chi connectivity index (χ0) is 23.0. The monoisotopic (exact) mass is 432 g/mol. The minimum atomic E-state index is -1.09. The third-order valence-corrected chi connectivity index (χ3v) is 6.69. The van der Waals surface area contributed by atoms with Crippen molar-refractivity contribution in [1.82, 2.24) is 0 Å². The molecule has 6 heteroatoms. The van der Waals surface area contributed by atoms with Crippen LogP contribution in [0.3, 0.4) is 0 Å². The van der Waals surface area contributed by atoms with Gasteiger partial charge in [0.05, 0.1) is 5.92 Å². The first-order valence-electron chi connectivity index (χ1n) is 11.6. The van der Waals surface area contributed by atoms with Crippen LogP contribution < -0.4 is 0 Å². The van der Waals surface area contributed by atoms with Crippen LogP contribution in [0, 0.1) is 23.7 Å². The summed E-state index contributed by atoms with van der Waals surface area (Å²) in [6, 6.07) is 0. The molecule has 1 N–H and O–H groups in total. The van der Waals surface area contributed by atoms with E-state index >= 15 is 0 Å². The lowest BCUT2D eigenvalue weighted by molar-refractivity contribution is -0.158. The van der Waals surface area contributed by atoms with Gasteiger partial charge in [0.1, 0.15) is 18.2 Å². The Kier molecular flexibility index (Phi) is 9.66. The third-order valence-electron chi connectivity index (χ3n) is 6.69. The molecule has 0 radical (unpaired) electrons. The van der Waals surface area contributed by atoms with Gasteiger partial charge in [-0.3, -0.25) is 14.4 Å². The zero-order valence-electron chi connectivity index (χ0n) is 18.8. The molecular weight excluding hydrogens is 396 g/mol. The molecule has 0 aliphatic heterocycles. The lowest BCUT2D eigenvalue weighted by Crippen LogP contribution is -2.49. The van der Waals surface area contributed by atoms with E-state index in [1.807, 2.05) is 6.92 Å². The van der Waals surface area contributed by atoms with Crippen LogP contribution in [-0.4, -0.2) is 35.2 Å². The molecule has 172 valence electrons. The van der Waals surface area contributed by atoms with Crippen LogP contribution >= 0.6 is 0 Å². The van der Waals surface area contributed by atoms with Gasteiger partial charge >= 0.3 is 11.9 Å². The summed E-state index contributed by atoms with van der Waals surface area (Å²) in [6.07, 6.45) is 9.91. The van der Waals surface area contributed by atoms with Gasteiger partial charge in [-0.1, -0.05) is 65.0 Å². The predicted octanol–water partition coefficient (Wildman–Crippen LogP) is 4.67. The summed E-state index contributed by atoms with van der Waals surface area (Å²) in [7, 11) is 0. The molecule has 0 aromatic rings. The van der Waals surface area contributed by atoms with Crippen molar-refractivity contribution in [2.45, 2.75) is 84.2 Å². The zero-order valence-corrected chi connectivity index (χ0v) is 18.8. The molecular formula is C25H36O6. The number of carbonyl (C=O) groups excluding carboxylic acids is 3. The summed E-state index contributed by atoms with van der Waals surface area (Å²) in [5.74, 6) is -3.05. The molecule has 0 spiro atoms. The molecule has 2 rings (SSSR count). The van der Waals surface area contributed by atoms with Gasteiger partial charge in [-0.15, -0.1) is 0 Å². The maximum absolute atomic E-state index is 12.6. The number of unbranched alkanes of at least 4 members (excludes halogenated alkanes) is 6. The normalized spacial score (nSPS) is 27.7. The summed E-state index contributed by atoms with van der Waals surface area (Å²) in [6.45, 7) is 7.82. The van der Waals surface area contributed by atoms with E-state index in [0.717, 1.165) is 19.3 Å². The van der Waals surface area contributed by atoms with Gasteiger partial charge in [-0.25, -0.2) is 4.79 Å². The topological polar surface area (TPSA) is 97.7 Å². The maximum Gasteiger partial charge on any atom is 0.331 e. The second-order valence-corrected chi connectivity index (χ2v) is 9.07. The van der Waals surface area contributed by atoms with Crippen molar-refractivity contribution in [2.24, 2.45) is 23.7 Å². The first-order valence-corrected chi connectivity index (χ1v) is 11.6. The standard InChI is InChI=1S/C25H36O6/c1-4-5-6-7-8-9-10-11-22(28)31-21-14-18(25(29)30)13-19-23(17(3)15-26)20(27)12-16(2)24(19)21/h13,15-16,19,21,23-24H,3-12,14H2,1-2H3,(H,29,30). The molecule has 0 saturated heterocycles. The minimum absolute atomic E-state index is 0.0730. The van der Waals surface area contributed by atoms with Crippen LogP contribution in [0.25, 0.3) is 0 Å². The number of carboxylic acid groups (broad SMARTS) is 1. The van der Waals surface area contributed by atoms with E-state index in [9.17, 15) is 24.3 Å². The molecule has 1 saturated carbocycles. The van der Waals surface area contributed by atoms with Crippen LogP contribution in [0.15, 0.2) is 23.8 Å². The van der Waals surface area contributed by atoms with Crippen molar-refractivity contribution < 1.29 is 29.0 Å². The Labute approximate surface area is 185 Å². The average Bonchev–Trinajstić information content (AvgIpc) is 2.72. The number of Topliss-reactive ketones (excluding diaryl/α,β-unsaturated/α-hetero) is 1. The average molecular weight is 433 g/mol. The van der Waals surface area contributed by atoms with Crippen molar-refractivity contribution in [1.29, 1.82) is 0 Å². The van der Waals surface area contributed by atoms with Crippen LogP contribution in [0.5, 0.6) is 0 Å². The maximum atomic E-state index is 12.6. The number of carboxylic acids is 1. The van der Waals surface area contributed by atoms with Crippen LogP contribution in [0.1, 0.15) is 78.1 Å². The first-order chi connectivity index (χ1) is 14.8. The molecule has 6 nitrogen and oxygen atoms in total. The third kappa shape index (κ3) is 6.62. The van der Waals surface area contributed by atoms with Gasteiger partial charge in [0.2, 0.25) is 0 Å². The molecule has 1 fully saturated rings. The Balaban J connectivity index is 2.06. The molecule has 0 amide bonds. The van der Waals surface area contributed by atoms with Crippen LogP contribution in [-0.2, 0) is 23.9 Å². The van der Waals surface area contributed by atoms with E-state index in [1.54, 1.807) is 6.08 Å². The fourth-order valence-corrected chi connectivity index (χ4v) is 5.13. The van der Waals surface area contributed by atoms with Crippen LogP contribution in [0.2, 0.25) is 0 Å². The van der Waals surface area contributed by atoms with Crippen molar-refractivity contribution >= 4 is 24.0 Å². The highest BCUT2D eigenvalue weighted by Gasteiger charge is 2.49. The largest absolute Gasteiger partial charge is 0.478 e. The molecule has 0 aromatic heterocycles. The Bertz CT molecular complexity index is 722. The summed E-state index contributed by atoms with van der Waals surface area (Å²) in [5.41, 5.74) is 0.281. The van der Waals surface area contributed by atoms with E-state index in [1.165, 1.54) is 25.7 Å². The molecule has 2 aliphatic carbocycles. The number of hydrogen-bond donors (Lipinski definition) is 1.